The lowest BCUT2D eigenvalue weighted by Crippen LogP contribution is -2.23. The maximum Gasteiger partial charge on any atom is 0.344 e. The van der Waals surface area contributed by atoms with Gasteiger partial charge in [0, 0.05) is 23.2 Å². The highest BCUT2D eigenvalue weighted by Gasteiger charge is 2.26. The molecule has 0 unspecified atom stereocenters. The highest BCUT2D eigenvalue weighted by molar-refractivity contribution is 7.91. The van der Waals surface area contributed by atoms with Gasteiger partial charge in [0.05, 0.1) is 4.90 Å². The molecule has 0 aliphatic rings. The maximum atomic E-state index is 12.5. The molecule has 0 spiro atoms. The molecule has 0 saturated heterocycles. The Morgan fingerprint density at radius 1 is 1.00 bits per heavy atom. The van der Waals surface area contributed by atoms with E-state index in [1.165, 1.54) is 12.1 Å². The summed E-state index contributed by atoms with van der Waals surface area (Å²) in [6, 6.07) is 11.5. The first-order valence-electron chi connectivity index (χ1n) is 8.89. The van der Waals surface area contributed by atoms with Gasteiger partial charge in [0.1, 0.15) is 11.3 Å². The third-order valence-corrected chi connectivity index (χ3v) is 5.42. The average Bonchev–Trinajstić information content (AvgIpc) is 2.76. The fraction of sp³-hybridized carbons (Fsp3) is 0.150. The van der Waals surface area contributed by atoms with Crippen LogP contribution in [-0.4, -0.2) is 39.3 Å². The summed E-state index contributed by atoms with van der Waals surface area (Å²) < 4.78 is 62.8. The summed E-state index contributed by atoms with van der Waals surface area (Å²) in [5.41, 5.74) is -0.145. The number of halogens is 2. The number of sulfone groups is 1. The number of hydrogen-bond acceptors (Lipinski definition) is 8. The molecule has 12 heteroatoms. The van der Waals surface area contributed by atoms with Gasteiger partial charge in [0.25, 0.3) is 5.91 Å². The number of amides is 1. The van der Waals surface area contributed by atoms with Crippen LogP contribution in [0.5, 0.6) is 5.75 Å². The lowest BCUT2D eigenvalue weighted by molar-refractivity contribution is -0.149. The van der Waals surface area contributed by atoms with Gasteiger partial charge >= 0.3 is 17.4 Å². The molecule has 1 heterocycles. The van der Waals surface area contributed by atoms with Crippen molar-refractivity contribution >= 4 is 38.4 Å². The van der Waals surface area contributed by atoms with Crippen molar-refractivity contribution in [2.75, 3.05) is 18.5 Å². The van der Waals surface area contributed by atoms with E-state index < -0.39 is 51.2 Å². The van der Waals surface area contributed by atoms with E-state index in [1.54, 1.807) is 18.2 Å². The number of ether oxygens (including phenoxy) is 2. The van der Waals surface area contributed by atoms with Crippen LogP contribution in [-0.2, 0) is 24.2 Å². The van der Waals surface area contributed by atoms with Crippen LogP contribution in [0.15, 0.2) is 68.7 Å². The molecule has 0 aliphatic heterocycles. The molecule has 3 rings (SSSR count). The van der Waals surface area contributed by atoms with Crippen molar-refractivity contribution < 1.29 is 40.7 Å². The van der Waals surface area contributed by atoms with E-state index in [0.717, 1.165) is 24.3 Å². The molecule has 168 valence electrons. The summed E-state index contributed by atoms with van der Waals surface area (Å²) in [4.78, 5) is 34.3. The van der Waals surface area contributed by atoms with Crippen molar-refractivity contribution in [2.24, 2.45) is 0 Å². The van der Waals surface area contributed by atoms with Crippen LogP contribution >= 0.6 is 0 Å². The van der Waals surface area contributed by atoms with Gasteiger partial charge in [-0.1, -0.05) is 0 Å². The third-order valence-electron chi connectivity index (χ3n) is 4.02. The first-order chi connectivity index (χ1) is 15.1. The zero-order valence-electron chi connectivity index (χ0n) is 16.1. The minimum absolute atomic E-state index is 0.119. The first-order valence-corrected chi connectivity index (χ1v) is 10.4. The Kier molecular flexibility index (Phi) is 6.83. The van der Waals surface area contributed by atoms with Gasteiger partial charge in [-0.05, 0) is 42.5 Å². The molecule has 9 nitrogen and oxygen atoms in total. The van der Waals surface area contributed by atoms with Crippen LogP contribution < -0.4 is 15.7 Å². The smallest absolute Gasteiger partial charge is 0.344 e. The molecular formula is C20H15F2NO8S. The van der Waals surface area contributed by atoms with Crippen molar-refractivity contribution in [1.82, 2.24) is 0 Å². The van der Waals surface area contributed by atoms with Crippen LogP contribution in [0, 0.1) is 0 Å². The number of carbonyl (C=O) groups is 2. The molecular weight excluding hydrogens is 452 g/mol. The van der Waals surface area contributed by atoms with E-state index in [1.807, 2.05) is 0 Å². The number of nitrogens with one attached hydrogen (secondary N) is 1. The second-order valence-electron chi connectivity index (χ2n) is 6.28. The molecule has 0 aliphatic carbocycles. The number of benzene rings is 2. The number of alkyl halides is 2. The van der Waals surface area contributed by atoms with Crippen LogP contribution in [0.4, 0.5) is 14.5 Å². The molecule has 0 fully saturated rings. The molecule has 0 radical (unpaired) electrons. The summed E-state index contributed by atoms with van der Waals surface area (Å²) in [5.74, 6) is -4.91. The average molecular weight is 467 g/mol. The fourth-order valence-corrected chi connectivity index (χ4v) is 3.21. The van der Waals surface area contributed by atoms with Crippen LogP contribution in [0.25, 0.3) is 11.0 Å². The zero-order chi connectivity index (χ0) is 23.3. The standard InChI is InChI=1S/C20H15F2NO8S/c21-20(22)32(27,28)15-6-3-13(4-7-15)23-17(24)10-30-19(26)11-29-14-5-1-12-2-8-18(25)31-16(12)9-14/h1-9,20H,10-11H2,(H,23,24). The van der Waals surface area contributed by atoms with Crippen molar-refractivity contribution in [3.63, 3.8) is 0 Å². The lowest BCUT2D eigenvalue weighted by Gasteiger charge is -2.09. The Morgan fingerprint density at radius 2 is 1.69 bits per heavy atom. The lowest BCUT2D eigenvalue weighted by atomic mass is 10.2. The van der Waals surface area contributed by atoms with Crippen LogP contribution in [0.1, 0.15) is 0 Å². The quantitative estimate of drug-likeness (QED) is 0.395. The summed E-state index contributed by atoms with van der Waals surface area (Å²) in [7, 11) is -4.74. The number of rotatable bonds is 8. The summed E-state index contributed by atoms with van der Waals surface area (Å²) in [5, 5.41) is 2.99. The predicted molar refractivity (Wildman–Crippen MR) is 107 cm³/mol. The molecule has 1 aromatic heterocycles. The Morgan fingerprint density at radius 3 is 2.38 bits per heavy atom. The van der Waals surface area contributed by atoms with Gasteiger partial charge in [0.15, 0.2) is 13.2 Å². The van der Waals surface area contributed by atoms with E-state index in [4.69, 9.17) is 13.9 Å². The largest absolute Gasteiger partial charge is 0.482 e. The van der Waals surface area contributed by atoms with Gasteiger partial charge in [-0.15, -0.1) is 0 Å². The molecule has 0 atom stereocenters. The van der Waals surface area contributed by atoms with E-state index >= 15 is 0 Å². The second kappa shape index (κ2) is 9.56. The second-order valence-corrected chi connectivity index (χ2v) is 8.20. The van der Waals surface area contributed by atoms with Gasteiger partial charge in [-0.25, -0.2) is 18.0 Å². The van der Waals surface area contributed by atoms with Crippen LogP contribution in [0.2, 0.25) is 0 Å². The van der Waals surface area contributed by atoms with E-state index in [2.05, 4.69) is 5.32 Å². The molecule has 1 N–H and O–H groups in total. The minimum Gasteiger partial charge on any atom is -0.482 e. The minimum atomic E-state index is -4.74. The van der Waals surface area contributed by atoms with Crippen LogP contribution in [0.3, 0.4) is 0 Å². The predicted octanol–water partition coefficient (Wildman–Crippen LogP) is 2.35. The molecule has 0 bridgehead atoms. The molecule has 1 amide bonds. The Balaban J connectivity index is 1.47. The van der Waals surface area contributed by atoms with E-state index in [-0.39, 0.29) is 17.0 Å². The Labute approximate surface area is 179 Å². The number of hydrogen-bond donors (Lipinski definition) is 1. The van der Waals surface area contributed by atoms with Gasteiger partial charge in [0.2, 0.25) is 9.84 Å². The SMILES string of the molecule is O=C(COC(=O)COc1ccc2ccc(=O)oc2c1)Nc1ccc(S(=O)(=O)C(F)F)cc1. The normalized spacial score (nSPS) is 11.3. The van der Waals surface area contributed by atoms with Crippen molar-refractivity contribution in [2.45, 2.75) is 10.7 Å². The zero-order valence-corrected chi connectivity index (χ0v) is 16.9. The van der Waals surface area contributed by atoms with E-state index in [9.17, 15) is 31.6 Å². The maximum absolute atomic E-state index is 12.5. The highest BCUT2D eigenvalue weighted by atomic mass is 32.2. The van der Waals surface area contributed by atoms with Gasteiger partial charge in [-0.2, -0.15) is 8.78 Å². The van der Waals surface area contributed by atoms with E-state index in [0.29, 0.717) is 5.39 Å². The number of carbonyl (C=O) groups excluding carboxylic acids is 2. The van der Waals surface area contributed by atoms with Gasteiger partial charge in [-0.3, -0.25) is 4.79 Å². The summed E-state index contributed by atoms with van der Waals surface area (Å²) in [6.07, 6.45) is 0. The monoisotopic (exact) mass is 467 g/mol. The molecule has 3 aromatic rings. The Bertz CT molecular complexity index is 1300. The Hall–Kier alpha value is -3.80. The fourth-order valence-electron chi connectivity index (χ4n) is 2.49. The van der Waals surface area contributed by atoms with Crippen molar-refractivity contribution in [3.8, 4) is 5.75 Å². The molecule has 32 heavy (non-hydrogen) atoms. The number of esters is 1. The summed E-state index contributed by atoms with van der Waals surface area (Å²) in [6.45, 7) is -1.18. The first kappa shape index (κ1) is 22.9. The number of anilines is 1. The number of fused-ring (bicyclic) bond motifs is 1. The van der Waals surface area contributed by atoms with Crippen molar-refractivity contribution in [1.29, 1.82) is 0 Å². The van der Waals surface area contributed by atoms with Crippen molar-refractivity contribution in [3.05, 3.63) is 65.0 Å². The van der Waals surface area contributed by atoms with Gasteiger partial charge < -0.3 is 19.2 Å². The topological polar surface area (TPSA) is 129 Å². The molecule has 0 saturated carbocycles. The highest BCUT2D eigenvalue weighted by Crippen LogP contribution is 2.21. The summed E-state index contributed by atoms with van der Waals surface area (Å²) >= 11 is 0. The third kappa shape index (κ3) is 5.66. The molecule has 2 aromatic carbocycles.